The molecule has 0 atom stereocenters. The summed E-state index contributed by atoms with van der Waals surface area (Å²) < 4.78 is 0. The van der Waals surface area contributed by atoms with Crippen LogP contribution in [0, 0.1) is 0 Å². The SMILES string of the molecule is O=C(CCC(=O)N1CCc2sccc2C1)NNC(=O)c1cc(-c2ccccc2)n[nH]1. The minimum absolute atomic E-state index is 0.00431. The van der Waals surface area contributed by atoms with Gasteiger partial charge >= 0.3 is 0 Å². The zero-order valence-electron chi connectivity index (χ0n) is 16.2. The number of hydrogen-bond donors (Lipinski definition) is 3. The smallest absolute Gasteiger partial charge is 0.287 e. The lowest BCUT2D eigenvalue weighted by molar-refractivity contribution is -0.134. The van der Waals surface area contributed by atoms with Gasteiger partial charge in [-0.25, -0.2) is 0 Å². The van der Waals surface area contributed by atoms with Gasteiger partial charge < -0.3 is 4.90 Å². The van der Waals surface area contributed by atoms with Crippen LogP contribution in [0.1, 0.15) is 33.8 Å². The number of nitrogens with one attached hydrogen (secondary N) is 3. The minimum atomic E-state index is -0.509. The van der Waals surface area contributed by atoms with Gasteiger partial charge in [-0.2, -0.15) is 5.10 Å². The molecule has 3 heterocycles. The number of nitrogens with zero attached hydrogens (tertiary/aromatic N) is 2. The van der Waals surface area contributed by atoms with Gasteiger partial charge in [0.15, 0.2) is 0 Å². The number of hydrazine groups is 1. The molecule has 9 heteroatoms. The third-order valence-corrected chi connectivity index (χ3v) is 5.96. The molecule has 154 valence electrons. The molecule has 0 spiro atoms. The van der Waals surface area contributed by atoms with Crippen molar-refractivity contribution in [2.45, 2.75) is 25.8 Å². The van der Waals surface area contributed by atoms with Gasteiger partial charge in [0.05, 0.1) is 5.69 Å². The molecule has 8 nitrogen and oxygen atoms in total. The van der Waals surface area contributed by atoms with E-state index in [0.717, 1.165) is 12.0 Å². The van der Waals surface area contributed by atoms with E-state index >= 15 is 0 Å². The Kier molecular flexibility index (Phi) is 5.89. The van der Waals surface area contributed by atoms with Gasteiger partial charge in [0.1, 0.15) is 5.69 Å². The zero-order chi connectivity index (χ0) is 20.9. The summed E-state index contributed by atoms with van der Waals surface area (Å²) in [5.74, 6) is -0.993. The molecule has 1 aliphatic heterocycles. The maximum absolute atomic E-state index is 12.4. The average molecular weight is 423 g/mol. The summed E-state index contributed by atoms with van der Waals surface area (Å²) in [4.78, 5) is 39.7. The zero-order valence-corrected chi connectivity index (χ0v) is 17.0. The van der Waals surface area contributed by atoms with E-state index in [1.54, 1.807) is 22.3 Å². The number of carbonyl (C=O) groups excluding carboxylic acids is 3. The molecule has 30 heavy (non-hydrogen) atoms. The van der Waals surface area contributed by atoms with Gasteiger partial charge in [0.2, 0.25) is 11.8 Å². The highest BCUT2D eigenvalue weighted by Gasteiger charge is 2.22. The first kappa shape index (κ1) is 19.8. The van der Waals surface area contributed by atoms with Gasteiger partial charge in [-0.15, -0.1) is 11.3 Å². The van der Waals surface area contributed by atoms with E-state index in [9.17, 15) is 14.4 Å². The standard InChI is InChI=1S/C21H21N5O3S/c27-19(6-7-20(28)26-10-8-18-15(13-26)9-11-30-18)24-25-21(29)17-12-16(22-23-17)14-4-2-1-3-5-14/h1-5,9,11-12H,6-8,10,13H2,(H,22,23)(H,24,27)(H,25,29). The Morgan fingerprint density at radius 2 is 1.93 bits per heavy atom. The molecule has 0 bridgehead atoms. The lowest BCUT2D eigenvalue weighted by Gasteiger charge is -2.27. The summed E-state index contributed by atoms with van der Waals surface area (Å²) in [6.45, 7) is 1.27. The topological polar surface area (TPSA) is 107 Å². The van der Waals surface area contributed by atoms with E-state index in [4.69, 9.17) is 0 Å². The molecule has 0 fully saturated rings. The van der Waals surface area contributed by atoms with Crippen molar-refractivity contribution in [3.63, 3.8) is 0 Å². The molecule has 0 aliphatic carbocycles. The van der Waals surface area contributed by atoms with Gasteiger partial charge in [0.25, 0.3) is 5.91 Å². The summed E-state index contributed by atoms with van der Waals surface area (Å²) in [7, 11) is 0. The van der Waals surface area contributed by atoms with Crippen molar-refractivity contribution >= 4 is 29.1 Å². The van der Waals surface area contributed by atoms with E-state index in [2.05, 4.69) is 21.0 Å². The highest BCUT2D eigenvalue weighted by atomic mass is 32.1. The highest BCUT2D eigenvalue weighted by molar-refractivity contribution is 7.10. The number of rotatable bonds is 5. The fourth-order valence-corrected chi connectivity index (χ4v) is 4.18. The van der Waals surface area contributed by atoms with Crippen LogP contribution in [0.4, 0.5) is 0 Å². The lowest BCUT2D eigenvalue weighted by Crippen LogP contribution is -2.42. The normalized spacial score (nSPS) is 12.9. The molecule has 1 aromatic carbocycles. The van der Waals surface area contributed by atoms with E-state index in [1.807, 2.05) is 41.8 Å². The first-order valence-electron chi connectivity index (χ1n) is 9.63. The van der Waals surface area contributed by atoms with Crippen LogP contribution in [0.2, 0.25) is 0 Å². The van der Waals surface area contributed by atoms with Crippen LogP contribution in [0.5, 0.6) is 0 Å². The molecule has 3 aromatic rings. The number of hydrogen-bond acceptors (Lipinski definition) is 5. The lowest BCUT2D eigenvalue weighted by atomic mass is 10.1. The number of aromatic amines is 1. The molecule has 3 amide bonds. The molecule has 2 aromatic heterocycles. The number of fused-ring (bicyclic) bond motifs is 1. The monoisotopic (exact) mass is 423 g/mol. The van der Waals surface area contributed by atoms with Crippen molar-refractivity contribution in [2.24, 2.45) is 0 Å². The number of benzene rings is 1. The van der Waals surface area contributed by atoms with Crippen molar-refractivity contribution in [1.29, 1.82) is 0 Å². The molecule has 0 saturated heterocycles. The van der Waals surface area contributed by atoms with Crippen molar-refractivity contribution in [1.82, 2.24) is 25.9 Å². The third kappa shape index (κ3) is 4.57. The summed E-state index contributed by atoms with van der Waals surface area (Å²) >= 11 is 1.72. The Balaban J connectivity index is 1.22. The summed E-state index contributed by atoms with van der Waals surface area (Å²) in [6.07, 6.45) is 0.962. The molecule has 0 radical (unpaired) electrons. The fraction of sp³-hybridized carbons (Fsp3) is 0.238. The van der Waals surface area contributed by atoms with E-state index in [1.165, 1.54) is 10.4 Å². The van der Waals surface area contributed by atoms with Crippen molar-refractivity contribution in [2.75, 3.05) is 6.54 Å². The second-order valence-electron chi connectivity index (χ2n) is 6.97. The largest absolute Gasteiger partial charge is 0.338 e. The molecule has 0 saturated carbocycles. The fourth-order valence-electron chi connectivity index (χ4n) is 3.29. The van der Waals surface area contributed by atoms with Crippen LogP contribution in [-0.2, 0) is 22.6 Å². The average Bonchev–Trinajstić information content (AvgIpc) is 3.45. The van der Waals surface area contributed by atoms with Crippen molar-refractivity contribution in [3.8, 4) is 11.3 Å². The summed E-state index contributed by atoms with van der Waals surface area (Å²) in [5.41, 5.74) is 7.61. The maximum atomic E-state index is 12.4. The van der Waals surface area contributed by atoms with Gasteiger partial charge in [-0.05, 0) is 29.5 Å². The van der Waals surface area contributed by atoms with Gasteiger partial charge in [-0.3, -0.25) is 30.3 Å². The Labute approximate surface area is 177 Å². The van der Waals surface area contributed by atoms with Gasteiger partial charge in [0, 0.05) is 36.4 Å². The predicted octanol–water partition coefficient (Wildman–Crippen LogP) is 2.26. The second kappa shape index (κ2) is 8.91. The highest BCUT2D eigenvalue weighted by Crippen LogP contribution is 2.24. The van der Waals surface area contributed by atoms with Crippen molar-refractivity contribution < 1.29 is 14.4 Å². The number of aromatic nitrogens is 2. The molecular weight excluding hydrogens is 402 g/mol. The molecule has 1 aliphatic rings. The summed E-state index contributed by atoms with van der Waals surface area (Å²) in [6, 6.07) is 13.1. The Morgan fingerprint density at radius 1 is 1.10 bits per heavy atom. The molecule has 3 N–H and O–H groups in total. The van der Waals surface area contributed by atoms with E-state index in [-0.39, 0.29) is 24.4 Å². The molecule has 4 rings (SSSR count). The molecular formula is C21H21N5O3S. The van der Waals surface area contributed by atoms with Crippen LogP contribution < -0.4 is 10.9 Å². The third-order valence-electron chi connectivity index (χ3n) is 4.93. The molecule has 0 unspecified atom stereocenters. The summed E-state index contributed by atoms with van der Waals surface area (Å²) in [5, 5.41) is 8.80. The first-order valence-corrected chi connectivity index (χ1v) is 10.5. The Morgan fingerprint density at radius 3 is 2.77 bits per heavy atom. The number of amides is 3. The van der Waals surface area contributed by atoms with Crippen LogP contribution in [0.15, 0.2) is 47.8 Å². The van der Waals surface area contributed by atoms with E-state index in [0.29, 0.717) is 18.8 Å². The van der Waals surface area contributed by atoms with Crippen LogP contribution in [0.3, 0.4) is 0 Å². The van der Waals surface area contributed by atoms with Crippen LogP contribution in [-0.4, -0.2) is 39.4 Å². The first-order chi connectivity index (χ1) is 14.6. The Hall–Kier alpha value is -3.46. The van der Waals surface area contributed by atoms with Gasteiger partial charge in [-0.1, -0.05) is 30.3 Å². The number of thiophene rings is 1. The minimum Gasteiger partial charge on any atom is -0.338 e. The van der Waals surface area contributed by atoms with Crippen LogP contribution in [0.25, 0.3) is 11.3 Å². The number of carbonyl (C=O) groups is 3. The maximum Gasteiger partial charge on any atom is 0.287 e. The second-order valence-corrected chi connectivity index (χ2v) is 7.97. The quantitative estimate of drug-likeness (QED) is 0.547. The van der Waals surface area contributed by atoms with Crippen molar-refractivity contribution in [3.05, 3.63) is 64.0 Å². The van der Waals surface area contributed by atoms with E-state index < -0.39 is 11.8 Å². The van der Waals surface area contributed by atoms with Crippen LogP contribution >= 0.6 is 11.3 Å². The predicted molar refractivity (Wildman–Crippen MR) is 112 cm³/mol. The number of H-pyrrole nitrogens is 1. The Bertz CT molecular complexity index is 1060.